The average Bonchev–Trinajstić information content (AvgIpc) is 1.54. The van der Waals surface area contributed by atoms with Crippen LogP contribution in [0.2, 0.25) is 0 Å². The van der Waals surface area contributed by atoms with E-state index in [-0.39, 0.29) is 11.0 Å². The molecular weight excluding hydrogens is 142 g/mol. The third-order valence-corrected chi connectivity index (χ3v) is 1.36. The summed E-state index contributed by atoms with van der Waals surface area (Å²) in [6.45, 7) is 7.08. The molecule has 0 rings (SSSR count). The number of carboxylic acids is 1. The molecule has 3 heteroatoms. The molecule has 0 atom stereocenters. The molecule has 0 saturated heterocycles. The SMILES string of the molecule is CC(N)=C(C(=O)O)C(C)(C)C. The molecule has 0 aromatic heterocycles. The lowest BCUT2D eigenvalue weighted by atomic mass is 9.85. The van der Waals surface area contributed by atoms with Gasteiger partial charge in [0, 0.05) is 5.70 Å². The largest absolute Gasteiger partial charge is 0.478 e. The van der Waals surface area contributed by atoms with Crippen molar-refractivity contribution in [3.63, 3.8) is 0 Å². The van der Waals surface area contributed by atoms with Crippen LogP contribution in [0.5, 0.6) is 0 Å². The van der Waals surface area contributed by atoms with Gasteiger partial charge in [-0.3, -0.25) is 0 Å². The van der Waals surface area contributed by atoms with Gasteiger partial charge in [0.25, 0.3) is 0 Å². The van der Waals surface area contributed by atoms with Crippen molar-refractivity contribution in [3.05, 3.63) is 11.3 Å². The zero-order valence-corrected chi connectivity index (χ0v) is 7.43. The van der Waals surface area contributed by atoms with Crippen LogP contribution < -0.4 is 5.73 Å². The molecule has 3 N–H and O–H groups in total. The normalized spacial score (nSPS) is 14.2. The van der Waals surface area contributed by atoms with Crippen LogP contribution in [0.3, 0.4) is 0 Å². The molecule has 0 aliphatic carbocycles. The molecule has 0 radical (unpaired) electrons. The fraction of sp³-hybridized carbons (Fsp3) is 0.625. The van der Waals surface area contributed by atoms with Crippen LogP contribution in [0.1, 0.15) is 27.7 Å². The van der Waals surface area contributed by atoms with E-state index in [2.05, 4.69) is 0 Å². The van der Waals surface area contributed by atoms with Gasteiger partial charge in [0.1, 0.15) is 0 Å². The van der Waals surface area contributed by atoms with Crippen LogP contribution in [-0.4, -0.2) is 11.1 Å². The Morgan fingerprint density at radius 1 is 1.36 bits per heavy atom. The number of allylic oxidation sites excluding steroid dienone is 1. The maximum Gasteiger partial charge on any atom is 0.333 e. The minimum Gasteiger partial charge on any atom is -0.478 e. The highest BCUT2D eigenvalue weighted by molar-refractivity contribution is 5.88. The van der Waals surface area contributed by atoms with Gasteiger partial charge in [-0.2, -0.15) is 0 Å². The fourth-order valence-electron chi connectivity index (χ4n) is 1.08. The first kappa shape index (κ1) is 10.0. The van der Waals surface area contributed by atoms with Crippen molar-refractivity contribution in [2.24, 2.45) is 11.1 Å². The molecule has 64 valence electrons. The van der Waals surface area contributed by atoms with E-state index in [1.54, 1.807) is 6.92 Å². The minimum atomic E-state index is -0.933. The summed E-state index contributed by atoms with van der Waals surface area (Å²) in [5.74, 6) is -0.933. The predicted octanol–water partition coefficient (Wildman–Crippen LogP) is 1.35. The van der Waals surface area contributed by atoms with Gasteiger partial charge in [0.15, 0.2) is 0 Å². The monoisotopic (exact) mass is 157 g/mol. The van der Waals surface area contributed by atoms with Crippen molar-refractivity contribution in [1.82, 2.24) is 0 Å². The molecule has 0 aromatic rings. The smallest absolute Gasteiger partial charge is 0.333 e. The lowest BCUT2D eigenvalue weighted by molar-refractivity contribution is -0.133. The topological polar surface area (TPSA) is 63.3 Å². The first-order valence-corrected chi connectivity index (χ1v) is 3.47. The molecule has 0 amide bonds. The van der Waals surface area contributed by atoms with Gasteiger partial charge in [-0.15, -0.1) is 0 Å². The van der Waals surface area contributed by atoms with Gasteiger partial charge in [0.05, 0.1) is 5.57 Å². The molecule has 0 heterocycles. The van der Waals surface area contributed by atoms with E-state index in [1.165, 1.54) is 0 Å². The Hall–Kier alpha value is -0.990. The Kier molecular flexibility index (Phi) is 2.68. The van der Waals surface area contributed by atoms with Crippen LogP contribution in [-0.2, 0) is 4.79 Å². The summed E-state index contributed by atoms with van der Waals surface area (Å²) in [6, 6.07) is 0. The molecular formula is C8H15NO2. The van der Waals surface area contributed by atoms with Crippen LogP contribution in [0.25, 0.3) is 0 Å². The molecule has 0 aromatic carbocycles. The molecule has 0 aliphatic heterocycles. The highest BCUT2D eigenvalue weighted by Crippen LogP contribution is 2.26. The molecule has 11 heavy (non-hydrogen) atoms. The molecule has 0 bridgehead atoms. The molecule has 0 spiro atoms. The van der Waals surface area contributed by atoms with Gasteiger partial charge in [-0.1, -0.05) is 20.8 Å². The third-order valence-electron chi connectivity index (χ3n) is 1.36. The van der Waals surface area contributed by atoms with Gasteiger partial charge >= 0.3 is 5.97 Å². The second-order valence-corrected chi connectivity index (χ2v) is 3.61. The van der Waals surface area contributed by atoms with Gasteiger partial charge in [-0.25, -0.2) is 4.79 Å². The maximum atomic E-state index is 10.6. The Morgan fingerprint density at radius 3 is 1.73 bits per heavy atom. The highest BCUT2D eigenvalue weighted by atomic mass is 16.4. The quantitative estimate of drug-likeness (QED) is 0.565. The summed E-state index contributed by atoms with van der Waals surface area (Å²) in [5, 5.41) is 8.74. The number of hydrogen-bond donors (Lipinski definition) is 2. The zero-order valence-electron chi connectivity index (χ0n) is 7.43. The molecule has 3 nitrogen and oxygen atoms in total. The van der Waals surface area contributed by atoms with Crippen molar-refractivity contribution >= 4 is 5.97 Å². The zero-order chi connectivity index (χ0) is 9.23. The Morgan fingerprint density at radius 2 is 1.73 bits per heavy atom. The van der Waals surface area contributed by atoms with Crippen molar-refractivity contribution in [3.8, 4) is 0 Å². The van der Waals surface area contributed by atoms with Crippen LogP contribution in [0.15, 0.2) is 11.3 Å². The first-order chi connectivity index (χ1) is 4.76. The summed E-state index contributed by atoms with van der Waals surface area (Å²) in [6.07, 6.45) is 0. The lowest BCUT2D eigenvalue weighted by Gasteiger charge is -2.20. The summed E-state index contributed by atoms with van der Waals surface area (Å²) in [4.78, 5) is 10.6. The van der Waals surface area contributed by atoms with Gasteiger partial charge in [0.2, 0.25) is 0 Å². The van der Waals surface area contributed by atoms with E-state index in [4.69, 9.17) is 10.8 Å². The van der Waals surface area contributed by atoms with Crippen molar-refractivity contribution < 1.29 is 9.90 Å². The maximum absolute atomic E-state index is 10.6. The van der Waals surface area contributed by atoms with Crippen LogP contribution in [0, 0.1) is 5.41 Å². The fourth-order valence-corrected chi connectivity index (χ4v) is 1.08. The minimum absolute atomic E-state index is 0.289. The lowest BCUT2D eigenvalue weighted by Crippen LogP contribution is -2.21. The van der Waals surface area contributed by atoms with Crippen LogP contribution in [0.4, 0.5) is 0 Å². The number of nitrogens with two attached hydrogens (primary N) is 1. The van der Waals surface area contributed by atoms with Crippen molar-refractivity contribution in [1.29, 1.82) is 0 Å². The number of hydrogen-bond acceptors (Lipinski definition) is 2. The first-order valence-electron chi connectivity index (χ1n) is 3.47. The van der Waals surface area contributed by atoms with Crippen molar-refractivity contribution in [2.45, 2.75) is 27.7 Å². The van der Waals surface area contributed by atoms with Crippen LogP contribution >= 0.6 is 0 Å². The summed E-state index contributed by atoms with van der Waals surface area (Å²) in [7, 11) is 0. The highest BCUT2D eigenvalue weighted by Gasteiger charge is 2.24. The van der Waals surface area contributed by atoms with E-state index in [0.29, 0.717) is 5.70 Å². The van der Waals surface area contributed by atoms with E-state index in [0.717, 1.165) is 0 Å². The van der Waals surface area contributed by atoms with Gasteiger partial charge in [-0.05, 0) is 12.3 Å². The molecule has 0 unspecified atom stereocenters. The van der Waals surface area contributed by atoms with Crippen molar-refractivity contribution in [2.75, 3.05) is 0 Å². The summed E-state index contributed by atoms with van der Waals surface area (Å²) >= 11 is 0. The summed E-state index contributed by atoms with van der Waals surface area (Å²) < 4.78 is 0. The number of rotatable bonds is 1. The standard InChI is InChI=1S/C8H15NO2/c1-5(9)6(7(10)11)8(2,3)4/h9H2,1-4H3,(H,10,11). The summed E-state index contributed by atoms with van der Waals surface area (Å²) in [5.41, 5.74) is 5.71. The Bertz CT molecular complexity index is 195. The van der Waals surface area contributed by atoms with E-state index >= 15 is 0 Å². The Balaban J connectivity index is 4.96. The molecule has 0 fully saturated rings. The second-order valence-electron chi connectivity index (χ2n) is 3.61. The second kappa shape index (κ2) is 2.95. The van der Waals surface area contributed by atoms with E-state index in [1.807, 2.05) is 20.8 Å². The van der Waals surface area contributed by atoms with Gasteiger partial charge < -0.3 is 10.8 Å². The van der Waals surface area contributed by atoms with E-state index < -0.39 is 5.97 Å². The number of carboxylic acid groups (broad SMARTS) is 1. The third kappa shape index (κ3) is 2.62. The number of aliphatic carboxylic acids is 1. The molecule has 0 saturated carbocycles. The average molecular weight is 157 g/mol. The number of carbonyl (C=O) groups is 1. The Labute approximate surface area is 66.9 Å². The molecule has 0 aliphatic rings. The van der Waals surface area contributed by atoms with E-state index in [9.17, 15) is 4.79 Å². The predicted molar refractivity (Wildman–Crippen MR) is 44.0 cm³/mol.